The quantitative estimate of drug-likeness (QED) is 0.819. The number of aromatic nitrogens is 1. The molecule has 27 heavy (non-hydrogen) atoms. The zero-order valence-electron chi connectivity index (χ0n) is 15.8. The van der Waals surface area contributed by atoms with Crippen molar-refractivity contribution < 1.29 is 13.2 Å². The van der Waals surface area contributed by atoms with Crippen LogP contribution in [-0.4, -0.2) is 46.0 Å². The number of amides is 1. The molecule has 1 amide bonds. The van der Waals surface area contributed by atoms with E-state index in [2.05, 4.69) is 28.5 Å². The molecule has 2 heterocycles. The third-order valence-electron chi connectivity index (χ3n) is 4.85. The van der Waals surface area contributed by atoms with Gasteiger partial charge in [0.25, 0.3) is 5.91 Å². The second-order valence-electron chi connectivity index (χ2n) is 6.28. The molecule has 0 saturated carbocycles. The number of anilines is 2. The Bertz CT molecular complexity index is 938. The average Bonchev–Trinajstić information content (AvgIpc) is 3.12. The summed E-state index contributed by atoms with van der Waals surface area (Å²) in [6.07, 6.45) is 2.23. The number of carbonyl (C=O) groups excluding carboxylic acids is 1. The molecule has 0 aliphatic carbocycles. The summed E-state index contributed by atoms with van der Waals surface area (Å²) in [6.45, 7) is 6.36. The van der Waals surface area contributed by atoms with Gasteiger partial charge in [-0.3, -0.25) is 4.79 Å². The molecular formula is C19H24N4O3S. The monoisotopic (exact) mass is 388 g/mol. The van der Waals surface area contributed by atoms with Gasteiger partial charge in [0.15, 0.2) is 0 Å². The number of rotatable bonds is 6. The normalized spacial score (nSPS) is 13.5. The lowest BCUT2D eigenvalue weighted by molar-refractivity contribution is 0.0989. The minimum atomic E-state index is -3.50. The van der Waals surface area contributed by atoms with Crippen molar-refractivity contribution in [2.24, 2.45) is 0 Å². The number of benzene rings is 1. The van der Waals surface area contributed by atoms with E-state index >= 15 is 0 Å². The average molecular weight is 388 g/mol. The Hall–Kier alpha value is -2.45. The maximum absolute atomic E-state index is 12.9. The zero-order chi connectivity index (χ0) is 19.6. The number of sulfonamides is 1. The number of hydrogen-bond acceptors (Lipinski definition) is 5. The van der Waals surface area contributed by atoms with Crippen LogP contribution in [0.4, 0.5) is 11.5 Å². The molecule has 2 aromatic rings. The van der Waals surface area contributed by atoms with Crippen LogP contribution >= 0.6 is 0 Å². The molecule has 8 heteroatoms. The lowest BCUT2D eigenvalue weighted by atomic mass is 10.1. The highest BCUT2D eigenvalue weighted by atomic mass is 32.2. The first-order chi connectivity index (χ1) is 12.9. The van der Waals surface area contributed by atoms with Gasteiger partial charge < -0.3 is 9.80 Å². The predicted octanol–water partition coefficient (Wildman–Crippen LogP) is 2.04. The van der Waals surface area contributed by atoms with E-state index in [0.29, 0.717) is 18.5 Å². The van der Waals surface area contributed by atoms with Gasteiger partial charge in [-0.25, -0.2) is 18.1 Å². The topological polar surface area (TPSA) is 82.6 Å². The lowest BCUT2D eigenvalue weighted by Crippen LogP contribution is -2.29. The first-order valence-electron chi connectivity index (χ1n) is 9.00. The number of nitrogens with zero attached hydrogens (tertiary/aromatic N) is 3. The van der Waals surface area contributed by atoms with Crippen LogP contribution in [0.3, 0.4) is 0 Å². The Morgan fingerprint density at radius 2 is 1.96 bits per heavy atom. The summed E-state index contributed by atoms with van der Waals surface area (Å²) >= 11 is 0. The first kappa shape index (κ1) is 19.3. The molecule has 0 radical (unpaired) electrons. The van der Waals surface area contributed by atoms with Crippen molar-refractivity contribution in [2.45, 2.75) is 25.2 Å². The summed E-state index contributed by atoms with van der Waals surface area (Å²) in [5.74, 6) is 0.719. The van der Waals surface area contributed by atoms with Gasteiger partial charge in [-0.15, -0.1) is 0 Å². The summed E-state index contributed by atoms with van der Waals surface area (Å²) in [4.78, 5) is 21.3. The van der Waals surface area contributed by atoms with E-state index in [4.69, 9.17) is 0 Å². The molecule has 0 atom stereocenters. The standard InChI is InChI=1S/C19H24N4O3S/c1-4-22(5-2)18-9-6-15(13-21-18)19(24)23-11-10-14-12-16(7-8-17(14)23)27(25,26)20-3/h6-9,12-13,20H,4-5,10-11H2,1-3H3. The molecule has 1 N–H and O–H groups in total. The molecule has 1 aliphatic heterocycles. The molecule has 1 aromatic heterocycles. The number of hydrogen-bond donors (Lipinski definition) is 1. The van der Waals surface area contributed by atoms with E-state index in [0.717, 1.165) is 30.2 Å². The Morgan fingerprint density at radius 1 is 1.22 bits per heavy atom. The number of carbonyl (C=O) groups is 1. The summed E-state index contributed by atoms with van der Waals surface area (Å²) in [7, 11) is -2.11. The minimum absolute atomic E-state index is 0.128. The Morgan fingerprint density at radius 3 is 2.56 bits per heavy atom. The van der Waals surface area contributed by atoms with Gasteiger partial charge in [0, 0.05) is 31.5 Å². The Labute approximate surface area is 160 Å². The van der Waals surface area contributed by atoms with Crippen LogP contribution in [-0.2, 0) is 16.4 Å². The molecule has 3 rings (SSSR count). The highest BCUT2D eigenvalue weighted by Crippen LogP contribution is 2.31. The molecule has 0 spiro atoms. The van der Waals surface area contributed by atoms with Crippen molar-refractivity contribution in [3.8, 4) is 0 Å². The van der Waals surface area contributed by atoms with Gasteiger partial charge in [0.1, 0.15) is 5.82 Å². The van der Waals surface area contributed by atoms with Gasteiger partial charge in [0.2, 0.25) is 10.0 Å². The smallest absolute Gasteiger partial charge is 0.259 e. The fourth-order valence-corrected chi connectivity index (χ4v) is 4.06. The van der Waals surface area contributed by atoms with Crippen LogP contribution in [0.25, 0.3) is 0 Å². The molecule has 1 aliphatic rings. The number of pyridine rings is 1. The van der Waals surface area contributed by atoms with Crippen LogP contribution < -0.4 is 14.5 Å². The summed E-state index contributed by atoms with van der Waals surface area (Å²) in [6, 6.07) is 8.51. The number of nitrogens with one attached hydrogen (secondary N) is 1. The largest absolute Gasteiger partial charge is 0.357 e. The lowest BCUT2D eigenvalue weighted by Gasteiger charge is -2.21. The highest BCUT2D eigenvalue weighted by molar-refractivity contribution is 7.89. The minimum Gasteiger partial charge on any atom is -0.357 e. The molecule has 0 unspecified atom stereocenters. The Balaban J connectivity index is 1.84. The van der Waals surface area contributed by atoms with Crippen molar-refractivity contribution in [3.05, 3.63) is 47.7 Å². The fraction of sp³-hybridized carbons (Fsp3) is 0.368. The van der Waals surface area contributed by atoms with E-state index in [1.165, 1.54) is 13.1 Å². The summed E-state index contributed by atoms with van der Waals surface area (Å²) in [5.41, 5.74) is 2.13. The van der Waals surface area contributed by atoms with Gasteiger partial charge in [-0.1, -0.05) is 0 Å². The SMILES string of the molecule is CCN(CC)c1ccc(C(=O)N2CCc3cc(S(=O)(=O)NC)ccc32)cn1. The van der Waals surface area contributed by atoms with E-state index < -0.39 is 10.0 Å². The maximum Gasteiger partial charge on any atom is 0.259 e. The predicted molar refractivity (Wildman–Crippen MR) is 106 cm³/mol. The van der Waals surface area contributed by atoms with Crippen molar-refractivity contribution >= 4 is 27.4 Å². The second-order valence-corrected chi connectivity index (χ2v) is 8.17. The molecule has 0 fully saturated rings. The molecular weight excluding hydrogens is 364 g/mol. The molecule has 1 aromatic carbocycles. The number of fused-ring (bicyclic) bond motifs is 1. The van der Waals surface area contributed by atoms with E-state index in [9.17, 15) is 13.2 Å². The van der Waals surface area contributed by atoms with Crippen LogP contribution in [0.15, 0.2) is 41.4 Å². The van der Waals surface area contributed by atoms with Gasteiger partial charge in [0.05, 0.1) is 10.5 Å². The highest BCUT2D eigenvalue weighted by Gasteiger charge is 2.27. The molecule has 0 bridgehead atoms. The van der Waals surface area contributed by atoms with Crippen LogP contribution in [0, 0.1) is 0 Å². The third kappa shape index (κ3) is 3.68. The van der Waals surface area contributed by atoms with Crippen LogP contribution in [0.5, 0.6) is 0 Å². The summed E-state index contributed by atoms with van der Waals surface area (Å²) in [5, 5.41) is 0. The molecule has 7 nitrogen and oxygen atoms in total. The first-order valence-corrected chi connectivity index (χ1v) is 10.5. The van der Waals surface area contributed by atoms with Crippen molar-refractivity contribution in [1.29, 1.82) is 0 Å². The van der Waals surface area contributed by atoms with Crippen LogP contribution in [0.2, 0.25) is 0 Å². The van der Waals surface area contributed by atoms with Gasteiger partial charge in [-0.2, -0.15) is 0 Å². The van der Waals surface area contributed by atoms with E-state index in [1.807, 2.05) is 6.07 Å². The Kier molecular flexibility index (Phi) is 5.48. The zero-order valence-corrected chi connectivity index (χ0v) is 16.6. The fourth-order valence-electron chi connectivity index (χ4n) is 3.28. The maximum atomic E-state index is 12.9. The van der Waals surface area contributed by atoms with Crippen LogP contribution in [0.1, 0.15) is 29.8 Å². The van der Waals surface area contributed by atoms with Crippen molar-refractivity contribution in [3.63, 3.8) is 0 Å². The molecule has 0 saturated heterocycles. The van der Waals surface area contributed by atoms with Crippen molar-refractivity contribution in [1.82, 2.24) is 9.71 Å². The van der Waals surface area contributed by atoms with Gasteiger partial charge in [-0.05, 0) is 63.2 Å². The van der Waals surface area contributed by atoms with E-state index in [-0.39, 0.29) is 10.8 Å². The van der Waals surface area contributed by atoms with Crippen molar-refractivity contribution in [2.75, 3.05) is 36.5 Å². The summed E-state index contributed by atoms with van der Waals surface area (Å²) < 4.78 is 26.3. The third-order valence-corrected chi connectivity index (χ3v) is 6.26. The molecule has 144 valence electrons. The van der Waals surface area contributed by atoms with Gasteiger partial charge >= 0.3 is 0 Å². The second kappa shape index (κ2) is 7.66. The van der Waals surface area contributed by atoms with E-state index in [1.54, 1.807) is 29.3 Å².